The Balaban J connectivity index is 1.37. The van der Waals surface area contributed by atoms with Crippen LogP contribution in [-0.2, 0) is 6.54 Å². The van der Waals surface area contributed by atoms with Crippen molar-refractivity contribution in [3.63, 3.8) is 0 Å². The summed E-state index contributed by atoms with van der Waals surface area (Å²) in [6.07, 6.45) is 7.57. The van der Waals surface area contributed by atoms with E-state index in [0.717, 1.165) is 52.8 Å². The number of fused-ring (bicyclic) bond motifs is 1. The summed E-state index contributed by atoms with van der Waals surface area (Å²) in [6.45, 7) is 3.12. The van der Waals surface area contributed by atoms with Crippen LogP contribution in [0, 0.1) is 0 Å². The van der Waals surface area contributed by atoms with Crippen LogP contribution in [0.1, 0.15) is 18.4 Å². The molecule has 1 aliphatic heterocycles. The van der Waals surface area contributed by atoms with E-state index >= 15 is 0 Å². The molecule has 0 aliphatic carbocycles. The summed E-state index contributed by atoms with van der Waals surface area (Å²) in [4.78, 5) is 16.3. The molecule has 1 N–H and O–H groups in total. The van der Waals surface area contributed by atoms with Gasteiger partial charge in [-0.15, -0.1) is 11.3 Å². The van der Waals surface area contributed by atoms with Crippen LogP contribution < -0.4 is 5.32 Å². The van der Waals surface area contributed by atoms with E-state index in [2.05, 4.69) is 31.2 Å². The maximum Gasteiger partial charge on any atom is 0.138 e. The van der Waals surface area contributed by atoms with Crippen molar-refractivity contribution in [3.8, 4) is 0 Å². The predicted octanol–water partition coefficient (Wildman–Crippen LogP) is 3.82. The van der Waals surface area contributed by atoms with E-state index in [0.29, 0.717) is 6.04 Å². The number of piperidine rings is 1. The standard InChI is InChI=1S/C17H18ClN5S/c18-15-8-14-16(20-11-21-17(14)24-15)22-13-3-6-23(7-4-13)10-12-2-1-5-19-9-12/h1-2,5,8-9,11,13H,3-4,6-7,10H2,(H,20,21,22). The van der Waals surface area contributed by atoms with Crippen LogP contribution in [0.15, 0.2) is 36.9 Å². The lowest BCUT2D eigenvalue weighted by atomic mass is 10.0. The van der Waals surface area contributed by atoms with Gasteiger partial charge in [0.1, 0.15) is 17.0 Å². The average molecular weight is 360 g/mol. The summed E-state index contributed by atoms with van der Waals surface area (Å²) in [7, 11) is 0. The molecule has 3 aromatic rings. The van der Waals surface area contributed by atoms with E-state index in [1.165, 1.54) is 16.9 Å². The third kappa shape index (κ3) is 3.50. The highest BCUT2D eigenvalue weighted by atomic mass is 35.5. The van der Waals surface area contributed by atoms with Gasteiger partial charge in [-0.25, -0.2) is 9.97 Å². The van der Waals surface area contributed by atoms with Crippen molar-refractivity contribution in [2.24, 2.45) is 0 Å². The van der Waals surface area contributed by atoms with Crippen LogP contribution in [0.5, 0.6) is 0 Å². The number of thiophene rings is 1. The maximum absolute atomic E-state index is 6.11. The van der Waals surface area contributed by atoms with Crippen LogP contribution in [0.25, 0.3) is 10.2 Å². The molecule has 0 amide bonds. The maximum atomic E-state index is 6.11. The fraction of sp³-hybridized carbons (Fsp3) is 0.353. The number of nitrogens with zero attached hydrogens (tertiary/aromatic N) is 4. The lowest BCUT2D eigenvalue weighted by Crippen LogP contribution is -2.38. The Kier molecular flexibility index (Phi) is 4.60. The molecule has 4 heterocycles. The highest BCUT2D eigenvalue weighted by Crippen LogP contribution is 2.32. The first-order chi connectivity index (χ1) is 11.8. The second kappa shape index (κ2) is 7.01. The number of pyridine rings is 1. The summed E-state index contributed by atoms with van der Waals surface area (Å²) in [6, 6.07) is 6.51. The SMILES string of the molecule is Clc1cc2c(NC3CCN(Cc4cccnc4)CC3)ncnc2s1. The van der Waals surface area contributed by atoms with Crippen molar-refractivity contribution in [1.29, 1.82) is 0 Å². The highest BCUT2D eigenvalue weighted by molar-refractivity contribution is 7.22. The average Bonchev–Trinajstić information content (AvgIpc) is 2.99. The number of hydrogen-bond acceptors (Lipinski definition) is 6. The molecule has 0 aromatic carbocycles. The Hall–Kier alpha value is -1.76. The van der Waals surface area contributed by atoms with E-state index in [1.54, 1.807) is 6.33 Å². The lowest BCUT2D eigenvalue weighted by Gasteiger charge is -2.32. The molecule has 7 heteroatoms. The van der Waals surface area contributed by atoms with Gasteiger partial charge in [0.15, 0.2) is 0 Å². The fourth-order valence-electron chi connectivity index (χ4n) is 3.12. The molecule has 5 nitrogen and oxygen atoms in total. The van der Waals surface area contributed by atoms with Crippen LogP contribution in [0.2, 0.25) is 4.34 Å². The van der Waals surface area contributed by atoms with Gasteiger partial charge < -0.3 is 5.32 Å². The molecule has 1 saturated heterocycles. The zero-order valence-corrected chi connectivity index (χ0v) is 14.7. The van der Waals surface area contributed by atoms with E-state index in [9.17, 15) is 0 Å². The van der Waals surface area contributed by atoms with Gasteiger partial charge in [0.2, 0.25) is 0 Å². The Labute approximate surface area is 149 Å². The summed E-state index contributed by atoms with van der Waals surface area (Å²) in [5, 5.41) is 4.60. The summed E-state index contributed by atoms with van der Waals surface area (Å²) in [5.74, 6) is 0.897. The molecule has 1 aliphatic rings. The third-order valence-corrected chi connectivity index (χ3v) is 5.53. The number of rotatable bonds is 4. The van der Waals surface area contributed by atoms with Gasteiger partial charge in [0, 0.05) is 38.1 Å². The molecule has 4 rings (SSSR count). The van der Waals surface area contributed by atoms with Crippen molar-refractivity contribution >= 4 is 39.0 Å². The van der Waals surface area contributed by atoms with Crippen molar-refractivity contribution in [3.05, 3.63) is 46.8 Å². The second-order valence-electron chi connectivity index (χ2n) is 6.05. The minimum atomic E-state index is 0.437. The van der Waals surface area contributed by atoms with E-state index < -0.39 is 0 Å². The Morgan fingerprint density at radius 1 is 1.29 bits per heavy atom. The Morgan fingerprint density at radius 2 is 2.17 bits per heavy atom. The van der Waals surface area contributed by atoms with Gasteiger partial charge in [-0.05, 0) is 30.5 Å². The number of aromatic nitrogens is 3. The quantitative estimate of drug-likeness (QED) is 0.767. The number of nitrogens with one attached hydrogen (secondary N) is 1. The number of likely N-dealkylation sites (tertiary alicyclic amines) is 1. The molecule has 0 radical (unpaired) electrons. The molecule has 3 aromatic heterocycles. The molecule has 0 spiro atoms. The smallest absolute Gasteiger partial charge is 0.138 e. The summed E-state index contributed by atoms with van der Waals surface area (Å²) in [5.41, 5.74) is 1.27. The van der Waals surface area contributed by atoms with Gasteiger partial charge in [-0.3, -0.25) is 9.88 Å². The Morgan fingerprint density at radius 3 is 2.96 bits per heavy atom. The van der Waals surface area contributed by atoms with E-state index in [-0.39, 0.29) is 0 Å². The van der Waals surface area contributed by atoms with Gasteiger partial charge >= 0.3 is 0 Å². The molecule has 0 unspecified atom stereocenters. The van der Waals surface area contributed by atoms with E-state index in [4.69, 9.17) is 11.6 Å². The van der Waals surface area contributed by atoms with Crippen molar-refractivity contribution in [2.45, 2.75) is 25.4 Å². The normalized spacial score (nSPS) is 16.5. The zero-order chi connectivity index (χ0) is 16.4. The van der Waals surface area contributed by atoms with Crippen molar-refractivity contribution in [2.75, 3.05) is 18.4 Å². The topological polar surface area (TPSA) is 53.9 Å². The van der Waals surface area contributed by atoms with Crippen LogP contribution in [-0.4, -0.2) is 39.0 Å². The monoisotopic (exact) mass is 359 g/mol. The second-order valence-corrected chi connectivity index (χ2v) is 7.71. The number of anilines is 1. The first kappa shape index (κ1) is 15.7. The minimum absolute atomic E-state index is 0.437. The third-order valence-electron chi connectivity index (χ3n) is 4.36. The minimum Gasteiger partial charge on any atom is -0.367 e. The molecule has 124 valence electrons. The first-order valence-electron chi connectivity index (χ1n) is 8.06. The van der Waals surface area contributed by atoms with E-state index in [1.807, 2.05) is 24.5 Å². The number of hydrogen-bond donors (Lipinski definition) is 1. The van der Waals surface area contributed by atoms with Gasteiger partial charge in [-0.2, -0.15) is 0 Å². The zero-order valence-electron chi connectivity index (χ0n) is 13.2. The van der Waals surface area contributed by atoms with Crippen LogP contribution >= 0.6 is 22.9 Å². The lowest BCUT2D eigenvalue weighted by molar-refractivity contribution is 0.211. The van der Waals surface area contributed by atoms with Gasteiger partial charge in [0.05, 0.1) is 9.72 Å². The summed E-state index contributed by atoms with van der Waals surface area (Å²) < 4.78 is 0.750. The summed E-state index contributed by atoms with van der Waals surface area (Å²) >= 11 is 7.60. The molecule has 0 atom stereocenters. The fourth-order valence-corrected chi connectivity index (χ4v) is 4.18. The predicted molar refractivity (Wildman–Crippen MR) is 98.6 cm³/mol. The molecular formula is C17H18ClN5S. The molecule has 0 saturated carbocycles. The van der Waals surface area contributed by atoms with Crippen molar-refractivity contribution in [1.82, 2.24) is 19.9 Å². The van der Waals surface area contributed by atoms with Gasteiger partial charge in [0.25, 0.3) is 0 Å². The molecule has 0 bridgehead atoms. The Bertz CT molecular complexity index is 814. The first-order valence-corrected chi connectivity index (χ1v) is 9.25. The molecule has 1 fully saturated rings. The molecular weight excluding hydrogens is 342 g/mol. The van der Waals surface area contributed by atoms with Crippen LogP contribution in [0.3, 0.4) is 0 Å². The van der Waals surface area contributed by atoms with Crippen molar-refractivity contribution < 1.29 is 0 Å². The number of halogens is 1. The molecule has 24 heavy (non-hydrogen) atoms. The van der Waals surface area contributed by atoms with Gasteiger partial charge in [-0.1, -0.05) is 17.7 Å². The highest BCUT2D eigenvalue weighted by Gasteiger charge is 2.20. The van der Waals surface area contributed by atoms with Crippen LogP contribution in [0.4, 0.5) is 5.82 Å². The largest absolute Gasteiger partial charge is 0.367 e.